The molecule has 2 aromatic rings. The number of benzene rings is 1. The number of aryl methyl sites for hydroxylation is 3. The van der Waals surface area contributed by atoms with E-state index in [2.05, 4.69) is 27.1 Å². The van der Waals surface area contributed by atoms with Gasteiger partial charge in [0.1, 0.15) is 22.6 Å². The Morgan fingerprint density at radius 1 is 1.00 bits per heavy atom. The van der Waals surface area contributed by atoms with Crippen molar-refractivity contribution in [2.75, 3.05) is 36.4 Å². The Morgan fingerprint density at radius 3 is 2.53 bits per heavy atom. The summed E-state index contributed by atoms with van der Waals surface area (Å²) in [4.78, 5) is 12.2. The van der Waals surface area contributed by atoms with Gasteiger partial charge < -0.3 is 10.2 Å². The van der Waals surface area contributed by atoms with Gasteiger partial charge in [-0.3, -0.25) is 0 Å². The molecule has 2 heterocycles. The highest BCUT2D eigenvalue weighted by Crippen LogP contribution is 2.21. The molecule has 2 aliphatic rings. The van der Waals surface area contributed by atoms with E-state index in [4.69, 9.17) is 0 Å². The second-order valence-electron chi connectivity index (χ2n) is 8.08. The maximum Gasteiger partial charge on any atom is 0.227 e. The molecule has 1 aliphatic carbocycles. The zero-order valence-corrected chi connectivity index (χ0v) is 19.5. The van der Waals surface area contributed by atoms with E-state index in [-0.39, 0.29) is 5.83 Å². The van der Waals surface area contributed by atoms with Gasteiger partial charge in [-0.2, -0.15) is 4.98 Å². The molecule has 168 valence electrons. The fraction of sp³-hybridized carbons (Fsp3) is 0.333. The Hall–Kier alpha value is -2.84. The Labute approximate surface area is 191 Å². The van der Waals surface area contributed by atoms with E-state index in [1.807, 2.05) is 42.4 Å². The van der Waals surface area contributed by atoms with Crippen molar-refractivity contribution >= 4 is 22.8 Å². The highest BCUT2D eigenvalue weighted by molar-refractivity contribution is 7.82. The van der Waals surface area contributed by atoms with E-state index in [0.717, 1.165) is 21.8 Å². The first-order valence-electron chi connectivity index (χ1n) is 10.7. The second kappa shape index (κ2) is 9.75. The molecule has 1 aromatic heterocycles. The molecule has 1 fully saturated rings. The van der Waals surface area contributed by atoms with Crippen LogP contribution in [-0.4, -0.2) is 44.7 Å². The van der Waals surface area contributed by atoms with Crippen LogP contribution in [0.1, 0.15) is 23.2 Å². The van der Waals surface area contributed by atoms with Crippen molar-refractivity contribution in [2.24, 2.45) is 0 Å². The van der Waals surface area contributed by atoms with E-state index >= 15 is 0 Å². The third-order valence-electron chi connectivity index (χ3n) is 5.63. The summed E-state index contributed by atoms with van der Waals surface area (Å²) < 4.78 is 28.4. The van der Waals surface area contributed by atoms with Gasteiger partial charge in [-0.25, -0.2) is 17.9 Å². The fourth-order valence-corrected chi connectivity index (χ4v) is 4.90. The van der Waals surface area contributed by atoms with Gasteiger partial charge in [0.25, 0.3) is 0 Å². The third-order valence-corrected chi connectivity index (χ3v) is 7.12. The van der Waals surface area contributed by atoms with Crippen LogP contribution in [-0.2, 0) is 11.0 Å². The molecule has 8 heteroatoms. The summed E-state index contributed by atoms with van der Waals surface area (Å²) in [7, 11) is -1.17. The Balaban J connectivity index is 1.42. The van der Waals surface area contributed by atoms with Gasteiger partial charge in [0.2, 0.25) is 5.95 Å². The normalized spacial score (nSPS) is 18.1. The summed E-state index contributed by atoms with van der Waals surface area (Å²) in [6.45, 7) is 8.76. The molecular formula is C24H28FN5OS. The molecule has 4 rings (SSSR count). The number of halogens is 1. The molecule has 0 saturated carbocycles. The van der Waals surface area contributed by atoms with Crippen molar-refractivity contribution in [1.82, 2.24) is 14.3 Å². The summed E-state index contributed by atoms with van der Waals surface area (Å²) in [6, 6.07) is 7.87. The van der Waals surface area contributed by atoms with E-state index in [1.165, 1.54) is 17.7 Å². The molecule has 0 bridgehead atoms. The maximum atomic E-state index is 13.4. The zero-order chi connectivity index (χ0) is 22.7. The number of anilines is 2. The predicted molar refractivity (Wildman–Crippen MR) is 128 cm³/mol. The van der Waals surface area contributed by atoms with Crippen LogP contribution in [0, 0.1) is 20.8 Å². The minimum absolute atomic E-state index is 0.266. The second-order valence-corrected chi connectivity index (χ2v) is 9.57. The van der Waals surface area contributed by atoms with Crippen LogP contribution in [0.5, 0.6) is 0 Å². The zero-order valence-electron chi connectivity index (χ0n) is 18.6. The van der Waals surface area contributed by atoms with Crippen LogP contribution < -0.4 is 10.2 Å². The van der Waals surface area contributed by atoms with E-state index in [1.54, 1.807) is 12.2 Å². The first-order chi connectivity index (χ1) is 15.4. The van der Waals surface area contributed by atoms with Crippen molar-refractivity contribution in [3.05, 3.63) is 76.9 Å². The Morgan fingerprint density at radius 2 is 1.78 bits per heavy atom. The van der Waals surface area contributed by atoms with Crippen molar-refractivity contribution in [3.63, 3.8) is 0 Å². The number of nitrogens with one attached hydrogen (secondary N) is 1. The number of piperazine rings is 1. The lowest BCUT2D eigenvalue weighted by atomic mass is 10.1. The number of allylic oxidation sites excluding steroid dienone is 5. The fourth-order valence-electron chi connectivity index (χ4n) is 3.64. The minimum Gasteiger partial charge on any atom is -0.343 e. The predicted octanol–water partition coefficient (Wildman–Crippen LogP) is 4.36. The van der Waals surface area contributed by atoms with Gasteiger partial charge >= 0.3 is 0 Å². The lowest BCUT2D eigenvalue weighted by molar-refractivity contribution is 0.407. The lowest BCUT2D eigenvalue weighted by Crippen LogP contribution is -2.47. The van der Waals surface area contributed by atoms with Crippen LogP contribution in [0.25, 0.3) is 0 Å². The van der Waals surface area contributed by atoms with Crippen LogP contribution >= 0.6 is 0 Å². The molecule has 1 unspecified atom stereocenters. The van der Waals surface area contributed by atoms with Crippen molar-refractivity contribution < 1.29 is 8.60 Å². The summed E-state index contributed by atoms with van der Waals surface area (Å²) >= 11 is 0. The highest BCUT2D eigenvalue weighted by Gasteiger charge is 2.24. The Kier molecular flexibility index (Phi) is 6.81. The standard InChI is InChI=1S/C24H28FN5OS/c1-17-7-10-22(15-18(17)2)32(31)30-13-11-29(12-14-30)24-26-19(3)16-23(28-24)27-21-6-4-5-20(25)8-9-21/h4-5,7-10,15-16H,6,11-14H2,1-3H3,(H,26,27,28). The first kappa shape index (κ1) is 22.4. The molecule has 6 nitrogen and oxygen atoms in total. The smallest absolute Gasteiger partial charge is 0.227 e. The highest BCUT2D eigenvalue weighted by atomic mass is 32.2. The van der Waals surface area contributed by atoms with Gasteiger partial charge in [-0.15, -0.1) is 0 Å². The number of hydrogen-bond donors (Lipinski definition) is 1. The monoisotopic (exact) mass is 453 g/mol. The molecule has 32 heavy (non-hydrogen) atoms. The van der Waals surface area contributed by atoms with Crippen molar-refractivity contribution in [1.29, 1.82) is 0 Å². The van der Waals surface area contributed by atoms with E-state index in [0.29, 0.717) is 44.4 Å². The number of hydrogen-bond acceptors (Lipinski definition) is 5. The average Bonchev–Trinajstić information content (AvgIpc) is 2.99. The summed E-state index contributed by atoms with van der Waals surface area (Å²) in [5.41, 5.74) is 4.07. The average molecular weight is 454 g/mol. The van der Waals surface area contributed by atoms with Crippen molar-refractivity contribution in [3.8, 4) is 0 Å². The van der Waals surface area contributed by atoms with Crippen LogP contribution in [0.3, 0.4) is 0 Å². The number of nitrogens with zero attached hydrogens (tertiary/aromatic N) is 4. The summed E-state index contributed by atoms with van der Waals surface area (Å²) in [5.74, 6) is 1.07. The molecule has 1 N–H and O–H groups in total. The van der Waals surface area contributed by atoms with Gasteiger partial charge in [0.05, 0.1) is 4.90 Å². The van der Waals surface area contributed by atoms with Gasteiger partial charge in [0, 0.05) is 50.1 Å². The molecule has 1 aromatic carbocycles. The number of rotatable bonds is 5. The molecule has 0 amide bonds. The van der Waals surface area contributed by atoms with Crippen LogP contribution in [0.15, 0.2) is 65.0 Å². The molecule has 1 atom stereocenters. The minimum atomic E-state index is -1.17. The lowest BCUT2D eigenvalue weighted by Gasteiger charge is -2.34. The SMILES string of the molecule is Cc1cc(NC2=CC=C(F)C=CC2)nc(N2CCN(S(=O)c3ccc(C)c(C)c3)CC2)n1. The van der Waals surface area contributed by atoms with Crippen LogP contribution in [0.4, 0.5) is 16.2 Å². The maximum absolute atomic E-state index is 13.4. The van der Waals surface area contributed by atoms with Gasteiger partial charge in [0.15, 0.2) is 0 Å². The first-order valence-corrected chi connectivity index (χ1v) is 11.8. The summed E-state index contributed by atoms with van der Waals surface area (Å²) in [5, 5.41) is 3.28. The summed E-state index contributed by atoms with van der Waals surface area (Å²) in [6.07, 6.45) is 7.01. The largest absolute Gasteiger partial charge is 0.343 e. The quantitative estimate of drug-likeness (QED) is 0.729. The third kappa shape index (κ3) is 5.31. The Bertz CT molecular complexity index is 1120. The van der Waals surface area contributed by atoms with E-state index < -0.39 is 11.0 Å². The molecule has 1 aliphatic heterocycles. The van der Waals surface area contributed by atoms with Gasteiger partial charge in [-0.05, 0) is 62.3 Å². The van der Waals surface area contributed by atoms with Gasteiger partial charge in [-0.1, -0.05) is 12.1 Å². The molecule has 1 saturated heterocycles. The topological polar surface area (TPSA) is 61.4 Å². The molecule has 0 radical (unpaired) electrons. The molecular weight excluding hydrogens is 425 g/mol. The van der Waals surface area contributed by atoms with Crippen molar-refractivity contribution in [2.45, 2.75) is 32.1 Å². The van der Waals surface area contributed by atoms with E-state index in [9.17, 15) is 8.60 Å². The van der Waals surface area contributed by atoms with Crippen LogP contribution in [0.2, 0.25) is 0 Å². The number of aromatic nitrogens is 2. The molecule has 0 spiro atoms.